The molecule has 3 heterocycles. The molecule has 2 aliphatic rings. The van der Waals surface area contributed by atoms with Crippen molar-refractivity contribution in [3.8, 4) is 5.75 Å². The van der Waals surface area contributed by atoms with Crippen LogP contribution in [0.4, 0.5) is 5.69 Å². The van der Waals surface area contributed by atoms with E-state index < -0.39 is 24.4 Å². The van der Waals surface area contributed by atoms with Gasteiger partial charge < -0.3 is 30.6 Å². The minimum atomic E-state index is -1.07. The number of fused-ring (bicyclic) bond motifs is 2. The maximum Gasteiger partial charge on any atom is 0.143 e. The molecule has 0 spiro atoms. The number of anilines is 1. The van der Waals surface area contributed by atoms with Crippen LogP contribution in [0.1, 0.15) is 23.6 Å². The molecule has 5 rings (SSSR count). The first kappa shape index (κ1) is 19.9. The van der Waals surface area contributed by atoms with Crippen LogP contribution in [0.15, 0.2) is 30.6 Å². The van der Waals surface area contributed by atoms with Crippen molar-refractivity contribution < 1.29 is 14.9 Å². The molecular formula is C21H22Cl2N4O3. The molecule has 9 heteroatoms. The number of halogens is 2. The van der Waals surface area contributed by atoms with E-state index >= 15 is 0 Å². The fourth-order valence-corrected chi connectivity index (χ4v) is 5.09. The zero-order valence-corrected chi connectivity index (χ0v) is 17.6. The highest BCUT2D eigenvalue weighted by Gasteiger charge is 2.45. The van der Waals surface area contributed by atoms with Crippen LogP contribution < -0.4 is 15.8 Å². The number of nitrogens with one attached hydrogen (secondary N) is 1. The van der Waals surface area contributed by atoms with Gasteiger partial charge in [-0.15, -0.1) is 0 Å². The van der Waals surface area contributed by atoms with Crippen molar-refractivity contribution in [3.63, 3.8) is 0 Å². The summed E-state index contributed by atoms with van der Waals surface area (Å²) in [7, 11) is 0. The molecule has 0 radical (unpaired) electrons. The van der Waals surface area contributed by atoms with Crippen LogP contribution >= 0.6 is 23.2 Å². The molecule has 1 aliphatic heterocycles. The van der Waals surface area contributed by atoms with E-state index in [0.717, 1.165) is 24.1 Å². The minimum Gasteiger partial charge on any atom is -0.487 e. The molecule has 0 amide bonds. The normalized spacial score (nSPS) is 26.1. The molecule has 2 aromatic heterocycles. The SMILES string of the molecule is Nc1ccnc2c1c(Cl)cn2C1CC(Oc2cc(Cl)cc3c2CNCC3)[C@@H](O)[C@H]1O. The quantitative estimate of drug-likeness (QED) is 0.490. The molecule has 1 saturated carbocycles. The van der Waals surface area contributed by atoms with E-state index in [2.05, 4.69) is 10.3 Å². The first-order valence-electron chi connectivity index (χ1n) is 9.89. The van der Waals surface area contributed by atoms with Crippen LogP contribution in [0.2, 0.25) is 10.0 Å². The summed E-state index contributed by atoms with van der Waals surface area (Å²) in [5.41, 5.74) is 9.32. The number of rotatable bonds is 3. The fourth-order valence-electron chi connectivity index (χ4n) is 4.56. The molecule has 158 valence electrons. The second-order valence-corrected chi connectivity index (χ2v) is 8.74. The number of pyridine rings is 1. The van der Waals surface area contributed by atoms with E-state index in [0.29, 0.717) is 45.5 Å². The summed E-state index contributed by atoms with van der Waals surface area (Å²) in [4.78, 5) is 4.38. The van der Waals surface area contributed by atoms with Crippen molar-refractivity contribution >= 4 is 39.9 Å². The Labute approximate surface area is 183 Å². The number of aromatic nitrogens is 2. The van der Waals surface area contributed by atoms with Crippen LogP contribution in [0.3, 0.4) is 0 Å². The third kappa shape index (κ3) is 3.21. The van der Waals surface area contributed by atoms with Gasteiger partial charge >= 0.3 is 0 Å². The molecule has 3 aromatic rings. The lowest BCUT2D eigenvalue weighted by molar-refractivity contribution is -0.0166. The predicted molar refractivity (Wildman–Crippen MR) is 116 cm³/mol. The topological polar surface area (TPSA) is 106 Å². The van der Waals surface area contributed by atoms with E-state index in [4.69, 9.17) is 33.7 Å². The van der Waals surface area contributed by atoms with Gasteiger partial charge in [-0.2, -0.15) is 0 Å². The van der Waals surface area contributed by atoms with Gasteiger partial charge in [0.15, 0.2) is 0 Å². The van der Waals surface area contributed by atoms with E-state index in [1.54, 1.807) is 29.1 Å². The summed E-state index contributed by atoms with van der Waals surface area (Å²) in [6.07, 6.45) is 1.83. The number of ether oxygens (including phenoxy) is 1. The predicted octanol–water partition coefficient (Wildman–Crippen LogP) is 2.69. The first-order chi connectivity index (χ1) is 14.4. The van der Waals surface area contributed by atoms with Gasteiger partial charge in [-0.05, 0) is 36.7 Å². The Morgan fingerprint density at radius 3 is 2.90 bits per heavy atom. The second-order valence-electron chi connectivity index (χ2n) is 7.89. The van der Waals surface area contributed by atoms with Crippen LogP contribution in [0.5, 0.6) is 5.75 Å². The summed E-state index contributed by atoms with van der Waals surface area (Å²) in [6.45, 7) is 1.56. The molecule has 0 saturated heterocycles. The fraction of sp³-hybridized carbons (Fsp3) is 0.381. The van der Waals surface area contributed by atoms with Gasteiger partial charge in [0.1, 0.15) is 29.7 Å². The Kier molecular flexibility index (Phi) is 5.03. The Hall–Kier alpha value is -2.03. The highest BCUT2D eigenvalue weighted by Crippen LogP contribution is 2.40. The first-order valence-corrected chi connectivity index (χ1v) is 10.6. The van der Waals surface area contributed by atoms with Crippen LogP contribution in [-0.4, -0.2) is 44.6 Å². The Morgan fingerprint density at radius 2 is 2.07 bits per heavy atom. The van der Waals surface area contributed by atoms with Gasteiger partial charge in [0.2, 0.25) is 0 Å². The number of aliphatic hydroxyl groups is 2. The van der Waals surface area contributed by atoms with E-state index in [-0.39, 0.29) is 0 Å². The van der Waals surface area contributed by atoms with Crippen LogP contribution in [0, 0.1) is 0 Å². The lowest BCUT2D eigenvalue weighted by Crippen LogP contribution is -2.34. The van der Waals surface area contributed by atoms with Crippen molar-refractivity contribution in [1.29, 1.82) is 0 Å². The van der Waals surface area contributed by atoms with Crippen LogP contribution in [-0.2, 0) is 13.0 Å². The average molecular weight is 449 g/mol. The van der Waals surface area contributed by atoms with Gasteiger partial charge in [-0.1, -0.05) is 23.2 Å². The Balaban J connectivity index is 1.47. The molecule has 0 bridgehead atoms. The standard InChI is InChI=1S/C21H22Cl2N4O3/c22-11-5-10-1-3-25-8-12(10)16(6-11)30-17-7-15(19(28)20(17)29)27-9-13(23)18-14(24)2-4-26-21(18)27/h2,4-6,9,15,17,19-20,25,28-29H,1,3,7-8H2,(H2,24,26)/t15?,17?,19-,20+/m0/s1. The molecule has 2 unspecified atom stereocenters. The monoisotopic (exact) mass is 448 g/mol. The van der Waals surface area contributed by atoms with Crippen LogP contribution in [0.25, 0.3) is 11.0 Å². The summed E-state index contributed by atoms with van der Waals surface area (Å²) in [6, 6.07) is 4.95. The Morgan fingerprint density at radius 1 is 1.23 bits per heavy atom. The zero-order chi connectivity index (χ0) is 21.0. The van der Waals surface area contributed by atoms with Crippen molar-refractivity contribution in [1.82, 2.24) is 14.9 Å². The van der Waals surface area contributed by atoms with Gasteiger partial charge in [0.25, 0.3) is 0 Å². The average Bonchev–Trinajstić information content (AvgIpc) is 3.20. The largest absolute Gasteiger partial charge is 0.487 e. The third-order valence-corrected chi connectivity index (χ3v) is 6.58. The smallest absolute Gasteiger partial charge is 0.143 e. The zero-order valence-electron chi connectivity index (χ0n) is 16.1. The number of hydrogen-bond donors (Lipinski definition) is 4. The summed E-state index contributed by atoms with van der Waals surface area (Å²) >= 11 is 12.7. The van der Waals surface area contributed by atoms with E-state index in [1.807, 2.05) is 6.07 Å². The number of nitrogens with zero attached hydrogens (tertiary/aromatic N) is 2. The van der Waals surface area contributed by atoms with Crippen molar-refractivity contribution in [2.75, 3.05) is 12.3 Å². The highest BCUT2D eigenvalue weighted by molar-refractivity contribution is 6.36. The molecular weight excluding hydrogens is 427 g/mol. The molecule has 7 nitrogen and oxygen atoms in total. The van der Waals surface area contributed by atoms with Gasteiger partial charge in [-0.3, -0.25) is 0 Å². The number of nitrogen functional groups attached to an aromatic ring is 1. The summed E-state index contributed by atoms with van der Waals surface area (Å²) < 4.78 is 7.98. The number of benzene rings is 1. The molecule has 4 atom stereocenters. The lowest BCUT2D eigenvalue weighted by Gasteiger charge is -2.24. The molecule has 1 fully saturated rings. The maximum absolute atomic E-state index is 10.8. The highest BCUT2D eigenvalue weighted by atomic mass is 35.5. The van der Waals surface area contributed by atoms with E-state index in [1.165, 1.54) is 0 Å². The molecule has 1 aliphatic carbocycles. The van der Waals surface area contributed by atoms with Gasteiger partial charge in [-0.25, -0.2) is 4.98 Å². The molecule has 30 heavy (non-hydrogen) atoms. The van der Waals surface area contributed by atoms with Crippen molar-refractivity contribution in [3.05, 3.63) is 51.8 Å². The van der Waals surface area contributed by atoms with Crippen molar-refractivity contribution in [2.45, 2.75) is 43.7 Å². The van der Waals surface area contributed by atoms with Gasteiger partial charge in [0.05, 0.1) is 16.5 Å². The second kappa shape index (κ2) is 7.59. The third-order valence-electron chi connectivity index (χ3n) is 6.07. The van der Waals surface area contributed by atoms with E-state index in [9.17, 15) is 10.2 Å². The number of aliphatic hydroxyl groups excluding tert-OH is 2. The minimum absolute atomic E-state index is 0.383. The molecule has 1 aromatic carbocycles. The number of hydrogen-bond acceptors (Lipinski definition) is 6. The molecule has 5 N–H and O–H groups in total. The Bertz CT molecular complexity index is 1120. The number of nitrogens with two attached hydrogens (primary N) is 1. The lowest BCUT2D eigenvalue weighted by atomic mass is 10.00. The van der Waals surface area contributed by atoms with Crippen molar-refractivity contribution in [2.24, 2.45) is 0 Å². The summed E-state index contributed by atoms with van der Waals surface area (Å²) in [5, 5.41) is 26.6. The maximum atomic E-state index is 10.8. The van der Waals surface area contributed by atoms with Gasteiger partial charge in [0, 0.05) is 41.6 Å². The summed E-state index contributed by atoms with van der Waals surface area (Å²) in [5.74, 6) is 0.638.